The average Bonchev–Trinajstić information content (AvgIpc) is 2.15. The van der Waals surface area contributed by atoms with Gasteiger partial charge in [0.05, 0.1) is 0 Å². The van der Waals surface area contributed by atoms with Crippen LogP contribution in [0.25, 0.3) is 0 Å². The van der Waals surface area contributed by atoms with Gasteiger partial charge in [-0.3, -0.25) is 0 Å². The third-order valence-corrected chi connectivity index (χ3v) is 3.01. The number of hydrogen-bond donors (Lipinski definition) is 2. The van der Waals surface area contributed by atoms with Crippen molar-refractivity contribution in [1.82, 2.24) is 5.43 Å². The zero-order valence-electron chi connectivity index (χ0n) is 8.92. The molecular formula is C10H19N3O. The molecule has 0 aromatic heterocycles. The van der Waals surface area contributed by atoms with Gasteiger partial charge in [-0.15, -0.1) is 0 Å². The molecule has 4 heteroatoms. The Hall–Kier alpha value is -1.06. The maximum absolute atomic E-state index is 10.4. The summed E-state index contributed by atoms with van der Waals surface area (Å²) in [4.78, 5) is 10.4. The van der Waals surface area contributed by atoms with Crippen molar-refractivity contribution in [2.75, 3.05) is 0 Å². The highest BCUT2D eigenvalue weighted by molar-refractivity contribution is 5.86. The molecule has 0 unspecified atom stereocenters. The first-order valence-corrected chi connectivity index (χ1v) is 5.24. The van der Waals surface area contributed by atoms with Crippen LogP contribution in [0.15, 0.2) is 5.10 Å². The van der Waals surface area contributed by atoms with Crippen LogP contribution < -0.4 is 11.2 Å². The maximum atomic E-state index is 10.4. The van der Waals surface area contributed by atoms with E-state index in [-0.39, 0.29) is 0 Å². The van der Waals surface area contributed by atoms with Crippen molar-refractivity contribution in [3.63, 3.8) is 0 Å². The van der Waals surface area contributed by atoms with Gasteiger partial charge in [0, 0.05) is 5.71 Å². The fraction of sp³-hybridized carbons (Fsp3) is 0.800. The summed E-state index contributed by atoms with van der Waals surface area (Å²) in [5.41, 5.74) is 8.31. The highest BCUT2D eigenvalue weighted by Crippen LogP contribution is 2.30. The van der Waals surface area contributed by atoms with Gasteiger partial charge in [-0.2, -0.15) is 5.10 Å². The van der Waals surface area contributed by atoms with Crippen molar-refractivity contribution >= 4 is 11.7 Å². The Morgan fingerprint density at radius 1 is 1.71 bits per heavy atom. The number of hydrogen-bond acceptors (Lipinski definition) is 2. The molecule has 0 heterocycles. The number of urea groups is 1. The lowest BCUT2D eigenvalue weighted by atomic mass is 9.78. The summed E-state index contributed by atoms with van der Waals surface area (Å²) in [6.45, 7) is 4.47. The van der Waals surface area contributed by atoms with E-state index in [9.17, 15) is 4.79 Å². The van der Waals surface area contributed by atoms with Crippen molar-refractivity contribution in [2.24, 2.45) is 22.7 Å². The molecule has 1 saturated carbocycles. The predicted molar refractivity (Wildman–Crippen MR) is 57.0 cm³/mol. The molecule has 1 aliphatic rings. The zero-order valence-corrected chi connectivity index (χ0v) is 8.92. The van der Waals surface area contributed by atoms with Crippen molar-refractivity contribution in [2.45, 2.75) is 39.5 Å². The molecule has 1 rings (SSSR count). The normalized spacial score (nSPS) is 30.3. The van der Waals surface area contributed by atoms with Gasteiger partial charge in [-0.1, -0.05) is 20.3 Å². The van der Waals surface area contributed by atoms with Gasteiger partial charge in [0.15, 0.2) is 0 Å². The molecule has 1 fully saturated rings. The van der Waals surface area contributed by atoms with Gasteiger partial charge in [0.25, 0.3) is 0 Å². The number of nitrogens with two attached hydrogens (primary N) is 1. The molecule has 0 spiro atoms. The highest BCUT2D eigenvalue weighted by atomic mass is 16.2. The molecule has 3 N–H and O–H groups in total. The molecule has 2 atom stereocenters. The van der Waals surface area contributed by atoms with E-state index in [2.05, 4.69) is 24.4 Å². The first kappa shape index (κ1) is 11.0. The molecule has 0 radical (unpaired) electrons. The molecule has 4 nitrogen and oxygen atoms in total. The fourth-order valence-electron chi connectivity index (χ4n) is 2.12. The first-order chi connectivity index (χ1) is 6.63. The van der Waals surface area contributed by atoms with Crippen molar-refractivity contribution in [1.29, 1.82) is 0 Å². The second-order valence-electron chi connectivity index (χ2n) is 4.04. The van der Waals surface area contributed by atoms with Crippen molar-refractivity contribution < 1.29 is 4.79 Å². The molecule has 80 valence electrons. The molecule has 14 heavy (non-hydrogen) atoms. The summed E-state index contributed by atoms with van der Waals surface area (Å²) < 4.78 is 0. The molecule has 0 saturated heterocycles. The van der Waals surface area contributed by atoms with E-state index in [0.717, 1.165) is 24.5 Å². The van der Waals surface area contributed by atoms with Crippen LogP contribution in [0.3, 0.4) is 0 Å². The van der Waals surface area contributed by atoms with Gasteiger partial charge in [-0.25, -0.2) is 10.2 Å². The zero-order chi connectivity index (χ0) is 10.6. The monoisotopic (exact) mass is 197 g/mol. The van der Waals surface area contributed by atoms with Gasteiger partial charge in [-0.05, 0) is 31.1 Å². The van der Waals surface area contributed by atoms with Crippen LogP contribution in [0.5, 0.6) is 0 Å². The number of hydrazone groups is 1. The Labute approximate surface area is 84.9 Å². The van der Waals surface area contributed by atoms with E-state index in [4.69, 9.17) is 5.73 Å². The van der Waals surface area contributed by atoms with Crippen LogP contribution in [-0.4, -0.2) is 11.7 Å². The van der Waals surface area contributed by atoms with Gasteiger partial charge in [0.1, 0.15) is 0 Å². The molecule has 0 aromatic rings. The number of nitrogens with one attached hydrogen (secondary N) is 1. The van der Waals surface area contributed by atoms with Crippen LogP contribution in [-0.2, 0) is 0 Å². The number of nitrogens with zero attached hydrogens (tertiary/aromatic N) is 1. The third kappa shape index (κ3) is 3.01. The third-order valence-electron chi connectivity index (χ3n) is 3.01. The predicted octanol–water partition coefficient (Wildman–Crippen LogP) is 1.86. The number of primary amides is 1. The largest absolute Gasteiger partial charge is 0.350 e. The summed E-state index contributed by atoms with van der Waals surface area (Å²) in [6, 6.07) is -0.581. The Kier molecular flexibility index (Phi) is 3.92. The van der Waals surface area contributed by atoms with Gasteiger partial charge < -0.3 is 5.73 Å². The van der Waals surface area contributed by atoms with E-state index < -0.39 is 6.03 Å². The lowest BCUT2D eigenvalue weighted by Gasteiger charge is -2.28. The number of amides is 2. The average molecular weight is 197 g/mol. The van der Waals surface area contributed by atoms with Gasteiger partial charge in [0.2, 0.25) is 0 Å². The van der Waals surface area contributed by atoms with Crippen LogP contribution >= 0.6 is 0 Å². The standard InChI is InChI=1S/C10H19N3O/c1-3-8-4-5-9(6-7(8)2)12-13-10(11)14/h7-8H,3-6H2,1-2H3,(H3,11,13,14)/b12-9-/t7-,8+/m0/s1. The molecule has 0 aliphatic heterocycles. The summed E-state index contributed by atoms with van der Waals surface area (Å²) in [5.74, 6) is 1.48. The topological polar surface area (TPSA) is 67.5 Å². The first-order valence-electron chi connectivity index (χ1n) is 5.24. The molecule has 1 aliphatic carbocycles. The van der Waals surface area contributed by atoms with Crippen LogP contribution in [0.1, 0.15) is 39.5 Å². The quantitative estimate of drug-likeness (QED) is 0.652. The summed E-state index contributed by atoms with van der Waals surface area (Å²) >= 11 is 0. The summed E-state index contributed by atoms with van der Waals surface area (Å²) in [5, 5.41) is 3.99. The molecular weight excluding hydrogens is 178 g/mol. The second-order valence-corrected chi connectivity index (χ2v) is 4.04. The van der Waals surface area contributed by atoms with E-state index in [1.54, 1.807) is 0 Å². The summed E-state index contributed by atoms with van der Waals surface area (Å²) in [7, 11) is 0. The minimum Gasteiger partial charge on any atom is -0.350 e. The smallest absolute Gasteiger partial charge is 0.332 e. The van der Waals surface area contributed by atoms with E-state index in [1.807, 2.05) is 0 Å². The lowest BCUT2D eigenvalue weighted by molar-refractivity contribution is 0.249. The number of carbonyl (C=O) groups is 1. The Morgan fingerprint density at radius 3 is 2.93 bits per heavy atom. The minimum atomic E-state index is -0.581. The van der Waals surface area contributed by atoms with E-state index >= 15 is 0 Å². The van der Waals surface area contributed by atoms with Crippen LogP contribution in [0.2, 0.25) is 0 Å². The van der Waals surface area contributed by atoms with Gasteiger partial charge >= 0.3 is 6.03 Å². The second kappa shape index (κ2) is 4.98. The summed E-state index contributed by atoms with van der Waals surface area (Å²) in [6.07, 6.45) is 4.39. The Balaban J connectivity index is 2.45. The lowest BCUT2D eigenvalue weighted by Crippen LogP contribution is -2.28. The number of carbonyl (C=O) groups excluding carboxylic acids is 1. The molecule has 0 bridgehead atoms. The Bertz CT molecular complexity index is 238. The van der Waals surface area contributed by atoms with Crippen LogP contribution in [0.4, 0.5) is 4.79 Å². The minimum absolute atomic E-state index is 0.581. The SMILES string of the molecule is CC[C@@H]1CC/C(=N/NC(N)=O)C[C@@H]1C. The van der Waals surface area contributed by atoms with E-state index in [0.29, 0.717) is 5.92 Å². The number of rotatable bonds is 2. The maximum Gasteiger partial charge on any atom is 0.332 e. The van der Waals surface area contributed by atoms with Crippen molar-refractivity contribution in [3.05, 3.63) is 0 Å². The van der Waals surface area contributed by atoms with Crippen LogP contribution in [0, 0.1) is 11.8 Å². The Morgan fingerprint density at radius 2 is 2.43 bits per heavy atom. The molecule has 0 aromatic carbocycles. The van der Waals surface area contributed by atoms with Crippen molar-refractivity contribution in [3.8, 4) is 0 Å². The van der Waals surface area contributed by atoms with E-state index in [1.165, 1.54) is 12.8 Å². The highest BCUT2D eigenvalue weighted by Gasteiger charge is 2.23. The fourth-order valence-corrected chi connectivity index (χ4v) is 2.12. The molecule has 2 amide bonds.